The summed E-state index contributed by atoms with van der Waals surface area (Å²) in [5.41, 5.74) is 4.62. The molecule has 0 unspecified atom stereocenters. The molecule has 0 N–H and O–H groups in total. The fourth-order valence-corrected chi connectivity index (χ4v) is 1.21. The molecule has 0 atom stereocenters. The zero-order chi connectivity index (χ0) is 8.43. The van der Waals surface area contributed by atoms with Crippen molar-refractivity contribution < 1.29 is 5.11 Å². The highest BCUT2D eigenvalue weighted by Gasteiger charge is 1.99. The Morgan fingerprint density at radius 3 is 1.91 bits per heavy atom. The summed E-state index contributed by atoms with van der Waals surface area (Å²) in [6, 6.07) is 3.94. The molecule has 1 nitrogen and oxygen atoms in total. The molecule has 0 bridgehead atoms. The van der Waals surface area contributed by atoms with Gasteiger partial charge in [0.25, 0.3) is 0 Å². The van der Waals surface area contributed by atoms with Gasteiger partial charge in [0.05, 0.1) is 0 Å². The summed E-state index contributed by atoms with van der Waals surface area (Å²) in [6.07, 6.45) is 0. The van der Waals surface area contributed by atoms with Crippen LogP contribution in [0.2, 0.25) is 0 Å². The lowest BCUT2D eigenvalue weighted by Crippen LogP contribution is -1.90. The second-order valence-corrected chi connectivity index (χ2v) is 3.00. The van der Waals surface area contributed by atoms with E-state index in [1.54, 1.807) is 0 Å². The highest BCUT2D eigenvalue weighted by Crippen LogP contribution is 2.14. The van der Waals surface area contributed by atoms with Crippen LogP contribution in [0.4, 0.5) is 0 Å². The SMILES string of the molecule is Cc1cc(C[O])cc(C)c1C. The molecule has 0 saturated heterocycles. The van der Waals surface area contributed by atoms with Crippen LogP contribution in [0.5, 0.6) is 0 Å². The minimum atomic E-state index is -0.109. The van der Waals surface area contributed by atoms with Gasteiger partial charge in [-0.15, -0.1) is 0 Å². The van der Waals surface area contributed by atoms with Crippen LogP contribution in [0.25, 0.3) is 0 Å². The van der Waals surface area contributed by atoms with Crippen LogP contribution in [0.3, 0.4) is 0 Å². The van der Waals surface area contributed by atoms with Gasteiger partial charge in [0.15, 0.2) is 0 Å². The van der Waals surface area contributed by atoms with Crippen molar-refractivity contribution in [2.45, 2.75) is 27.4 Å². The molecule has 0 saturated carbocycles. The molecule has 0 fully saturated rings. The molecule has 1 heteroatoms. The minimum absolute atomic E-state index is 0.109. The number of rotatable bonds is 1. The lowest BCUT2D eigenvalue weighted by atomic mass is 10.0. The van der Waals surface area contributed by atoms with Crippen LogP contribution in [0.1, 0.15) is 22.3 Å². The Morgan fingerprint density at radius 1 is 1.09 bits per heavy atom. The predicted octanol–water partition coefficient (Wildman–Crippen LogP) is 2.54. The maximum Gasteiger partial charge on any atom is 0.107 e. The fraction of sp³-hybridized carbons (Fsp3) is 0.400. The van der Waals surface area contributed by atoms with Crippen molar-refractivity contribution in [3.8, 4) is 0 Å². The molecule has 0 aliphatic heterocycles. The van der Waals surface area contributed by atoms with Gasteiger partial charge in [-0.05, 0) is 43.0 Å². The molecule has 0 aromatic heterocycles. The monoisotopic (exact) mass is 149 g/mol. The summed E-state index contributed by atoms with van der Waals surface area (Å²) in [7, 11) is 0. The van der Waals surface area contributed by atoms with Crippen molar-refractivity contribution >= 4 is 0 Å². The third-order valence-corrected chi connectivity index (χ3v) is 2.15. The first-order chi connectivity index (χ1) is 5.15. The van der Waals surface area contributed by atoms with Gasteiger partial charge in [-0.1, -0.05) is 12.1 Å². The second-order valence-electron chi connectivity index (χ2n) is 3.00. The van der Waals surface area contributed by atoms with Gasteiger partial charge in [0, 0.05) is 0 Å². The average molecular weight is 149 g/mol. The quantitative estimate of drug-likeness (QED) is 0.584. The number of benzene rings is 1. The molecular formula is C10H13O. The van der Waals surface area contributed by atoms with E-state index >= 15 is 0 Å². The van der Waals surface area contributed by atoms with E-state index in [0.29, 0.717) is 0 Å². The van der Waals surface area contributed by atoms with E-state index in [2.05, 4.69) is 6.92 Å². The smallest absolute Gasteiger partial charge is 0.107 e. The molecule has 0 spiro atoms. The van der Waals surface area contributed by atoms with Gasteiger partial charge in [-0.3, -0.25) is 0 Å². The van der Waals surface area contributed by atoms with Crippen LogP contribution >= 0.6 is 0 Å². The van der Waals surface area contributed by atoms with Crippen molar-refractivity contribution in [3.63, 3.8) is 0 Å². The van der Waals surface area contributed by atoms with Gasteiger partial charge in [0.2, 0.25) is 0 Å². The van der Waals surface area contributed by atoms with Crippen molar-refractivity contribution in [2.75, 3.05) is 0 Å². The normalized spacial score (nSPS) is 10.2. The predicted molar refractivity (Wildman–Crippen MR) is 45.0 cm³/mol. The molecule has 0 aliphatic carbocycles. The summed E-state index contributed by atoms with van der Waals surface area (Å²) in [6.45, 7) is 6.06. The van der Waals surface area contributed by atoms with E-state index in [9.17, 15) is 5.11 Å². The lowest BCUT2D eigenvalue weighted by Gasteiger charge is -2.05. The fourth-order valence-electron chi connectivity index (χ4n) is 1.21. The maximum atomic E-state index is 10.5. The zero-order valence-electron chi connectivity index (χ0n) is 7.27. The molecule has 0 aliphatic rings. The average Bonchev–Trinajstić information content (AvgIpc) is 1.99. The van der Waals surface area contributed by atoms with Crippen molar-refractivity contribution in [2.24, 2.45) is 0 Å². The standard InChI is InChI=1S/C10H13O/c1-7-4-10(6-11)5-8(2)9(7)3/h4-5H,6H2,1-3H3. The van der Waals surface area contributed by atoms with Gasteiger partial charge in [0.1, 0.15) is 6.61 Å². The summed E-state index contributed by atoms with van der Waals surface area (Å²) < 4.78 is 0. The number of hydrogen-bond acceptors (Lipinski definition) is 0. The van der Waals surface area contributed by atoms with E-state index in [1.165, 1.54) is 16.7 Å². The highest BCUT2D eigenvalue weighted by molar-refractivity contribution is 5.36. The molecule has 59 valence electrons. The van der Waals surface area contributed by atoms with E-state index in [4.69, 9.17) is 0 Å². The lowest BCUT2D eigenvalue weighted by molar-refractivity contribution is 0.177. The minimum Gasteiger partial charge on any atom is -0.232 e. The number of aryl methyl sites for hydroxylation is 2. The Labute approximate surface area is 67.7 Å². The van der Waals surface area contributed by atoms with Crippen LogP contribution in [-0.2, 0) is 11.7 Å². The Hall–Kier alpha value is -0.820. The Balaban J connectivity index is 3.21. The zero-order valence-corrected chi connectivity index (χ0v) is 7.27. The van der Waals surface area contributed by atoms with Gasteiger partial charge in [-0.25, -0.2) is 5.11 Å². The van der Waals surface area contributed by atoms with E-state index in [0.717, 1.165) is 5.56 Å². The largest absolute Gasteiger partial charge is 0.232 e. The van der Waals surface area contributed by atoms with Crippen molar-refractivity contribution in [1.29, 1.82) is 0 Å². The third kappa shape index (κ3) is 1.60. The van der Waals surface area contributed by atoms with Crippen LogP contribution in [-0.4, -0.2) is 0 Å². The van der Waals surface area contributed by atoms with Gasteiger partial charge >= 0.3 is 0 Å². The topological polar surface area (TPSA) is 19.9 Å². The molecule has 0 heterocycles. The highest BCUT2D eigenvalue weighted by atomic mass is 16.3. The third-order valence-electron chi connectivity index (χ3n) is 2.15. The summed E-state index contributed by atoms with van der Waals surface area (Å²) >= 11 is 0. The molecule has 11 heavy (non-hydrogen) atoms. The van der Waals surface area contributed by atoms with Gasteiger partial charge < -0.3 is 0 Å². The molecule has 1 radical (unpaired) electrons. The molecular weight excluding hydrogens is 136 g/mol. The van der Waals surface area contributed by atoms with Crippen LogP contribution in [0.15, 0.2) is 12.1 Å². The van der Waals surface area contributed by atoms with Crippen molar-refractivity contribution in [3.05, 3.63) is 34.4 Å². The first-order valence-corrected chi connectivity index (χ1v) is 3.80. The Kier molecular flexibility index (Phi) is 2.30. The molecule has 1 rings (SSSR count). The Bertz CT molecular complexity index is 241. The molecule has 1 aromatic carbocycles. The first-order valence-electron chi connectivity index (χ1n) is 3.80. The summed E-state index contributed by atoms with van der Waals surface area (Å²) in [4.78, 5) is 0. The number of hydrogen-bond donors (Lipinski definition) is 0. The van der Waals surface area contributed by atoms with E-state index in [-0.39, 0.29) is 6.61 Å². The summed E-state index contributed by atoms with van der Waals surface area (Å²) in [5.74, 6) is 0. The van der Waals surface area contributed by atoms with E-state index < -0.39 is 0 Å². The van der Waals surface area contributed by atoms with Crippen molar-refractivity contribution in [1.82, 2.24) is 0 Å². The molecule has 1 aromatic rings. The first kappa shape index (κ1) is 8.28. The van der Waals surface area contributed by atoms with Crippen LogP contribution < -0.4 is 0 Å². The summed E-state index contributed by atoms with van der Waals surface area (Å²) in [5, 5.41) is 10.5. The maximum absolute atomic E-state index is 10.5. The van der Waals surface area contributed by atoms with E-state index in [1.807, 2.05) is 26.0 Å². The van der Waals surface area contributed by atoms with Crippen LogP contribution in [0, 0.1) is 20.8 Å². The van der Waals surface area contributed by atoms with Gasteiger partial charge in [-0.2, -0.15) is 0 Å². The molecule has 0 amide bonds. The second kappa shape index (κ2) is 3.05. The Morgan fingerprint density at radius 2 is 1.55 bits per heavy atom.